The fourth-order valence-electron chi connectivity index (χ4n) is 2.34. The Morgan fingerprint density at radius 1 is 1.15 bits per heavy atom. The van der Waals surface area contributed by atoms with Gasteiger partial charge in [0.25, 0.3) is 0 Å². The van der Waals surface area contributed by atoms with Gasteiger partial charge in [-0.1, -0.05) is 20.3 Å². The van der Waals surface area contributed by atoms with Crippen LogP contribution < -0.4 is 5.73 Å². The predicted octanol–water partition coefficient (Wildman–Crippen LogP) is 1.92. The topological polar surface area (TPSA) is 72.9 Å². The highest BCUT2D eigenvalue weighted by Crippen LogP contribution is 2.14. The molecule has 2 aromatic heterocycles. The van der Waals surface area contributed by atoms with Crippen LogP contribution in [0.15, 0.2) is 12.7 Å². The molecule has 20 heavy (non-hydrogen) atoms. The van der Waals surface area contributed by atoms with Crippen molar-refractivity contribution in [2.75, 3.05) is 25.4 Å². The molecule has 6 nitrogen and oxygen atoms in total. The van der Waals surface area contributed by atoms with Gasteiger partial charge < -0.3 is 15.2 Å². The quantitative estimate of drug-likeness (QED) is 0.797. The monoisotopic (exact) mass is 276 g/mol. The minimum atomic E-state index is 0.451. The van der Waals surface area contributed by atoms with Crippen molar-refractivity contribution in [2.24, 2.45) is 0 Å². The molecule has 0 saturated carbocycles. The normalized spacial score (nSPS) is 11.6. The summed E-state index contributed by atoms with van der Waals surface area (Å²) in [6.07, 6.45) is 6.91. The lowest BCUT2D eigenvalue weighted by Gasteiger charge is -2.19. The molecule has 0 aliphatic carbocycles. The van der Waals surface area contributed by atoms with E-state index in [1.54, 1.807) is 6.33 Å². The molecule has 0 aliphatic rings. The van der Waals surface area contributed by atoms with E-state index in [9.17, 15) is 0 Å². The Bertz CT molecular complexity index is 535. The Hall–Kier alpha value is -1.69. The minimum Gasteiger partial charge on any atom is -0.382 e. The van der Waals surface area contributed by atoms with Crippen molar-refractivity contribution in [3.05, 3.63) is 12.7 Å². The number of aromatic nitrogens is 4. The summed E-state index contributed by atoms with van der Waals surface area (Å²) in [6.45, 7) is 8.77. The molecule has 110 valence electrons. The first-order valence-corrected chi connectivity index (χ1v) is 7.40. The van der Waals surface area contributed by atoms with Crippen LogP contribution in [0.4, 0.5) is 5.82 Å². The van der Waals surface area contributed by atoms with E-state index in [2.05, 4.69) is 38.3 Å². The maximum Gasteiger partial charge on any atom is 0.165 e. The largest absolute Gasteiger partial charge is 0.382 e. The fourth-order valence-corrected chi connectivity index (χ4v) is 2.34. The first-order chi connectivity index (χ1) is 9.76. The van der Waals surface area contributed by atoms with Crippen LogP contribution >= 0.6 is 0 Å². The van der Waals surface area contributed by atoms with Crippen molar-refractivity contribution in [3.8, 4) is 0 Å². The summed E-state index contributed by atoms with van der Waals surface area (Å²) in [6, 6.07) is 0. The number of nitrogens with zero attached hydrogens (tertiary/aromatic N) is 5. The van der Waals surface area contributed by atoms with Crippen molar-refractivity contribution in [2.45, 2.75) is 39.7 Å². The number of nitrogens with two attached hydrogens (primary N) is 1. The summed E-state index contributed by atoms with van der Waals surface area (Å²) >= 11 is 0. The highest BCUT2D eigenvalue weighted by Gasteiger charge is 2.08. The number of fused-ring (bicyclic) bond motifs is 1. The second-order valence-corrected chi connectivity index (χ2v) is 5.01. The maximum atomic E-state index is 5.79. The van der Waals surface area contributed by atoms with E-state index in [0.29, 0.717) is 11.3 Å². The van der Waals surface area contributed by atoms with E-state index in [4.69, 9.17) is 5.73 Å². The van der Waals surface area contributed by atoms with E-state index < -0.39 is 0 Å². The van der Waals surface area contributed by atoms with Gasteiger partial charge in [-0.15, -0.1) is 0 Å². The maximum absolute atomic E-state index is 5.79. The van der Waals surface area contributed by atoms with Gasteiger partial charge in [0.05, 0.1) is 6.33 Å². The summed E-state index contributed by atoms with van der Waals surface area (Å²) in [5.74, 6) is 0.451. The Balaban J connectivity index is 1.91. The lowest BCUT2D eigenvalue weighted by Crippen LogP contribution is -2.26. The molecule has 0 fully saturated rings. The lowest BCUT2D eigenvalue weighted by atomic mass is 10.3. The lowest BCUT2D eigenvalue weighted by molar-refractivity contribution is 0.275. The number of unbranched alkanes of at least 4 members (excludes halogenated alkanes) is 1. The molecule has 2 rings (SSSR count). The Morgan fingerprint density at radius 3 is 2.70 bits per heavy atom. The van der Waals surface area contributed by atoms with Gasteiger partial charge >= 0.3 is 0 Å². The minimum absolute atomic E-state index is 0.451. The van der Waals surface area contributed by atoms with Crippen molar-refractivity contribution in [3.63, 3.8) is 0 Å². The van der Waals surface area contributed by atoms with E-state index in [1.165, 1.54) is 25.7 Å². The molecule has 0 atom stereocenters. The van der Waals surface area contributed by atoms with Crippen LogP contribution in [0.25, 0.3) is 11.2 Å². The molecule has 0 aromatic carbocycles. The number of hydrogen-bond acceptors (Lipinski definition) is 5. The van der Waals surface area contributed by atoms with Crippen LogP contribution in [0, 0.1) is 0 Å². The molecule has 0 radical (unpaired) electrons. The van der Waals surface area contributed by atoms with Gasteiger partial charge in [0.2, 0.25) is 0 Å². The van der Waals surface area contributed by atoms with E-state index in [0.717, 1.165) is 31.7 Å². The van der Waals surface area contributed by atoms with Crippen LogP contribution in [0.5, 0.6) is 0 Å². The summed E-state index contributed by atoms with van der Waals surface area (Å²) in [5, 5.41) is 0. The summed E-state index contributed by atoms with van der Waals surface area (Å²) in [7, 11) is 0. The average molecular weight is 276 g/mol. The van der Waals surface area contributed by atoms with Crippen LogP contribution in [0.1, 0.15) is 33.1 Å². The van der Waals surface area contributed by atoms with Crippen LogP contribution in [-0.4, -0.2) is 44.1 Å². The second-order valence-electron chi connectivity index (χ2n) is 5.01. The first-order valence-electron chi connectivity index (χ1n) is 7.40. The standard InChI is InChI=1S/C14H24N6/c1-3-5-7-19(4-2)8-6-9-20-11-18-12-13(15)16-10-17-14(12)20/h10-11H,3-9H2,1-2H3,(H2,15,16,17). The van der Waals surface area contributed by atoms with Gasteiger partial charge in [-0.05, 0) is 32.5 Å². The zero-order valence-electron chi connectivity index (χ0n) is 12.4. The zero-order chi connectivity index (χ0) is 14.4. The third-order valence-corrected chi connectivity index (χ3v) is 3.58. The van der Waals surface area contributed by atoms with Gasteiger partial charge in [0, 0.05) is 6.54 Å². The Labute approximate surface area is 120 Å². The van der Waals surface area contributed by atoms with E-state index in [1.807, 2.05) is 0 Å². The Morgan fingerprint density at radius 2 is 1.95 bits per heavy atom. The summed E-state index contributed by atoms with van der Waals surface area (Å²) in [4.78, 5) is 15.0. The van der Waals surface area contributed by atoms with Crippen molar-refractivity contribution in [1.82, 2.24) is 24.4 Å². The van der Waals surface area contributed by atoms with Crippen molar-refractivity contribution < 1.29 is 0 Å². The van der Waals surface area contributed by atoms with Gasteiger partial charge in [-0.3, -0.25) is 0 Å². The molecule has 0 bridgehead atoms. The van der Waals surface area contributed by atoms with Crippen LogP contribution in [0.2, 0.25) is 0 Å². The van der Waals surface area contributed by atoms with Gasteiger partial charge in [0.15, 0.2) is 11.5 Å². The van der Waals surface area contributed by atoms with Crippen LogP contribution in [0.3, 0.4) is 0 Å². The highest BCUT2D eigenvalue weighted by atomic mass is 15.1. The smallest absolute Gasteiger partial charge is 0.165 e. The second kappa shape index (κ2) is 7.19. The number of nitrogen functional groups attached to an aromatic ring is 1. The number of hydrogen-bond donors (Lipinski definition) is 1. The summed E-state index contributed by atoms with van der Waals surface area (Å²) in [5.41, 5.74) is 7.32. The third-order valence-electron chi connectivity index (χ3n) is 3.58. The predicted molar refractivity (Wildman–Crippen MR) is 81.4 cm³/mol. The number of rotatable bonds is 8. The molecule has 0 amide bonds. The Kier molecular flexibility index (Phi) is 5.29. The van der Waals surface area contributed by atoms with Crippen molar-refractivity contribution in [1.29, 1.82) is 0 Å². The molecule has 0 spiro atoms. The van der Waals surface area contributed by atoms with Crippen LogP contribution in [-0.2, 0) is 6.54 Å². The van der Waals surface area contributed by atoms with E-state index in [-0.39, 0.29) is 0 Å². The third kappa shape index (κ3) is 3.45. The SMILES string of the molecule is CCCCN(CC)CCCn1cnc2c(N)ncnc21. The number of anilines is 1. The molecule has 0 unspecified atom stereocenters. The molecule has 2 N–H and O–H groups in total. The number of aryl methyl sites for hydroxylation is 1. The molecular formula is C14H24N6. The molecule has 6 heteroatoms. The fraction of sp³-hybridized carbons (Fsp3) is 0.643. The van der Waals surface area contributed by atoms with Gasteiger partial charge in [-0.25, -0.2) is 15.0 Å². The van der Waals surface area contributed by atoms with Gasteiger partial charge in [0.1, 0.15) is 11.8 Å². The summed E-state index contributed by atoms with van der Waals surface area (Å²) < 4.78 is 2.06. The zero-order valence-corrected chi connectivity index (χ0v) is 12.4. The molecule has 0 aliphatic heterocycles. The van der Waals surface area contributed by atoms with Gasteiger partial charge in [-0.2, -0.15) is 0 Å². The molecule has 0 saturated heterocycles. The molecule has 2 aromatic rings. The average Bonchev–Trinajstić information content (AvgIpc) is 2.87. The van der Waals surface area contributed by atoms with E-state index >= 15 is 0 Å². The molecular weight excluding hydrogens is 252 g/mol. The molecule has 2 heterocycles. The first kappa shape index (κ1) is 14.7. The highest BCUT2D eigenvalue weighted by molar-refractivity contribution is 5.80. The number of imidazole rings is 1. The van der Waals surface area contributed by atoms with Crippen molar-refractivity contribution >= 4 is 17.0 Å².